The average Bonchev–Trinajstić information content (AvgIpc) is 2.50. The first-order valence-electron chi connectivity index (χ1n) is 3.35. The van der Waals surface area contributed by atoms with Crippen molar-refractivity contribution in [1.29, 1.82) is 0 Å². The van der Waals surface area contributed by atoms with E-state index in [4.69, 9.17) is 8.37 Å². The van der Waals surface area contributed by atoms with Gasteiger partial charge in [-0.25, -0.2) is 0 Å². The zero-order valence-corrected chi connectivity index (χ0v) is 7.91. The summed E-state index contributed by atoms with van der Waals surface area (Å²) < 4.78 is 10.0. The van der Waals surface area contributed by atoms with Crippen molar-refractivity contribution in [2.75, 3.05) is 6.61 Å². The lowest BCUT2D eigenvalue weighted by molar-refractivity contribution is 0.289. The molecule has 0 radical (unpaired) electrons. The maximum Gasteiger partial charge on any atom is 0.158 e. The predicted octanol–water partition coefficient (Wildman–Crippen LogP) is 2.86. The second kappa shape index (κ2) is 5.60. The van der Waals surface area contributed by atoms with Gasteiger partial charge in [0.2, 0.25) is 0 Å². The number of hydrogen-bond acceptors (Lipinski definition) is 4. The van der Waals surface area contributed by atoms with E-state index in [-0.39, 0.29) is 0 Å². The lowest BCUT2D eigenvalue weighted by Gasteiger charge is -1.97. The molecule has 0 unspecified atom stereocenters. The van der Waals surface area contributed by atoms with Crippen LogP contribution in [-0.2, 0) is 15.0 Å². The largest absolute Gasteiger partial charge is 0.292 e. The highest BCUT2D eigenvalue weighted by molar-refractivity contribution is 7.89. The average molecular weight is 190 g/mol. The van der Waals surface area contributed by atoms with Crippen molar-refractivity contribution in [2.45, 2.75) is 13.5 Å². The fourth-order valence-electron chi connectivity index (χ4n) is 0.549. The topological polar surface area (TPSA) is 18.5 Å². The molecule has 1 rings (SSSR count). The van der Waals surface area contributed by atoms with Gasteiger partial charge in [0.15, 0.2) is 12.3 Å². The van der Waals surface area contributed by atoms with Gasteiger partial charge in [0.25, 0.3) is 0 Å². The van der Waals surface area contributed by atoms with E-state index in [1.165, 1.54) is 5.56 Å². The summed E-state index contributed by atoms with van der Waals surface area (Å²) in [5.74, 6) is 0. The summed E-state index contributed by atoms with van der Waals surface area (Å²) in [5.41, 5.74) is 1.20. The van der Waals surface area contributed by atoms with Gasteiger partial charge in [0.1, 0.15) is 0 Å². The minimum atomic E-state index is 0.619. The van der Waals surface area contributed by atoms with Gasteiger partial charge in [-0.2, -0.15) is 11.3 Å². The standard InChI is InChI=1S/C7H10O2S2/c1-2-8-11-9-5-7-3-4-10-6-7/h3-4,6H,2,5H2,1H3. The van der Waals surface area contributed by atoms with Crippen LogP contribution in [0.1, 0.15) is 12.5 Å². The third kappa shape index (κ3) is 3.76. The first-order chi connectivity index (χ1) is 5.43. The molecule has 0 saturated heterocycles. The Hall–Kier alpha value is -0.0300. The van der Waals surface area contributed by atoms with E-state index in [9.17, 15) is 0 Å². The van der Waals surface area contributed by atoms with Gasteiger partial charge in [-0.15, -0.1) is 0 Å². The molecule has 0 spiro atoms. The van der Waals surface area contributed by atoms with Crippen LogP contribution >= 0.6 is 23.7 Å². The molecule has 1 aromatic heterocycles. The molecule has 4 heteroatoms. The minimum absolute atomic E-state index is 0.619. The molecule has 0 amide bonds. The van der Waals surface area contributed by atoms with Crippen molar-refractivity contribution in [3.05, 3.63) is 22.4 Å². The summed E-state index contributed by atoms with van der Waals surface area (Å²) in [7, 11) is 0. The lowest BCUT2D eigenvalue weighted by atomic mass is 10.4. The van der Waals surface area contributed by atoms with Gasteiger partial charge >= 0.3 is 0 Å². The van der Waals surface area contributed by atoms with Crippen LogP contribution in [0.3, 0.4) is 0 Å². The highest BCUT2D eigenvalue weighted by Gasteiger charge is 1.92. The molecule has 11 heavy (non-hydrogen) atoms. The molecule has 2 nitrogen and oxygen atoms in total. The van der Waals surface area contributed by atoms with Crippen LogP contribution in [0.4, 0.5) is 0 Å². The molecule has 0 aliphatic carbocycles. The van der Waals surface area contributed by atoms with E-state index in [0.29, 0.717) is 13.2 Å². The Kier molecular flexibility index (Phi) is 4.61. The molecule has 0 saturated carbocycles. The van der Waals surface area contributed by atoms with Crippen LogP contribution in [0.25, 0.3) is 0 Å². The van der Waals surface area contributed by atoms with Gasteiger partial charge in [0, 0.05) is 0 Å². The van der Waals surface area contributed by atoms with Crippen LogP contribution in [-0.4, -0.2) is 6.61 Å². The fourth-order valence-corrected chi connectivity index (χ4v) is 1.55. The van der Waals surface area contributed by atoms with Gasteiger partial charge in [-0.3, -0.25) is 8.37 Å². The number of thiophene rings is 1. The van der Waals surface area contributed by atoms with Crippen molar-refractivity contribution in [3.8, 4) is 0 Å². The van der Waals surface area contributed by atoms with Crippen LogP contribution in [0.5, 0.6) is 0 Å². The first-order valence-corrected chi connectivity index (χ1v) is 4.96. The van der Waals surface area contributed by atoms with Gasteiger partial charge in [0.05, 0.1) is 13.2 Å². The summed E-state index contributed by atoms with van der Waals surface area (Å²) in [4.78, 5) is 0. The van der Waals surface area contributed by atoms with Crippen molar-refractivity contribution in [1.82, 2.24) is 0 Å². The van der Waals surface area contributed by atoms with Gasteiger partial charge in [-0.05, 0) is 29.3 Å². The second-order valence-electron chi connectivity index (χ2n) is 1.87. The Morgan fingerprint density at radius 1 is 1.55 bits per heavy atom. The monoisotopic (exact) mass is 190 g/mol. The third-order valence-electron chi connectivity index (χ3n) is 1.02. The molecule has 0 N–H and O–H groups in total. The van der Waals surface area contributed by atoms with E-state index in [2.05, 4.69) is 5.38 Å². The highest BCUT2D eigenvalue weighted by atomic mass is 32.2. The molecule has 1 heterocycles. The van der Waals surface area contributed by atoms with Crippen molar-refractivity contribution < 1.29 is 8.37 Å². The maximum absolute atomic E-state index is 5.12. The van der Waals surface area contributed by atoms with E-state index >= 15 is 0 Å². The van der Waals surface area contributed by atoms with Gasteiger partial charge < -0.3 is 0 Å². The molecule has 0 aliphatic heterocycles. The fraction of sp³-hybridized carbons (Fsp3) is 0.429. The summed E-state index contributed by atoms with van der Waals surface area (Å²) in [6, 6.07) is 2.04. The van der Waals surface area contributed by atoms with Crippen LogP contribution in [0.15, 0.2) is 16.8 Å². The Labute approximate surface area is 74.9 Å². The zero-order valence-electron chi connectivity index (χ0n) is 6.28. The lowest BCUT2D eigenvalue weighted by Crippen LogP contribution is -1.84. The van der Waals surface area contributed by atoms with Gasteiger partial charge in [-0.1, -0.05) is 0 Å². The summed E-state index contributed by atoms with van der Waals surface area (Å²) in [6.45, 7) is 3.23. The number of hydrogen-bond donors (Lipinski definition) is 0. The first kappa shape index (κ1) is 9.06. The van der Waals surface area contributed by atoms with E-state index in [1.54, 1.807) is 11.3 Å². The molecule has 0 fully saturated rings. The molecular formula is C7H10O2S2. The molecule has 62 valence electrons. The summed E-state index contributed by atoms with van der Waals surface area (Å²) >= 11 is 2.73. The summed E-state index contributed by atoms with van der Waals surface area (Å²) in [5, 5.41) is 4.09. The zero-order chi connectivity index (χ0) is 7.94. The third-order valence-corrected chi connectivity index (χ3v) is 2.30. The maximum atomic E-state index is 5.12. The van der Waals surface area contributed by atoms with E-state index < -0.39 is 0 Å². The molecule has 0 aromatic carbocycles. The highest BCUT2D eigenvalue weighted by Crippen LogP contribution is 2.12. The smallest absolute Gasteiger partial charge is 0.158 e. The van der Waals surface area contributed by atoms with E-state index in [1.807, 2.05) is 18.4 Å². The summed E-state index contributed by atoms with van der Waals surface area (Å²) in [6.07, 6.45) is 0. The molecule has 1 aromatic rings. The SMILES string of the molecule is CCOSOCc1ccsc1. The van der Waals surface area contributed by atoms with Crippen LogP contribution in [0, 0.1) is 0 Å². The molecule has 0 atom stereocenters. The Balaban J connectivity index is 2.04. The van der Waals surface area contributed by atoms with E-state index in [0.717, 1.165) is 12.3 Å². The van der Waals surface area contributed by atoms with Crippen molar-refractivity contribution >= 4 is 23.7 Å². The Morgan fingerprint density at radius 2 is 2.45 bits per heavy atom. The van der Waals surface area contributed by atoms with Crippen molar-refractivity contribution in [3.63, 3.8) is 0 Å². The normalized spacial score (nSPS) is 10.3. The second-order valence-corrected chi connectivity index (χ2v) is 3.26. The Bertz CT molecular complexity index is 175. The van der Waals surface area contributed by atoms with Crippen LogP contribution in [0.2, 0.25) is 0 Å². The molecule has 0 aliphatic rings. The number of rotatable bonds is 5. The minimum Gasteiger partial charge on any atom is -0.292 e. The Morgan fingerprint density at radius 3 is 3.09 bits per heavy atom. The predicted molar refractivity (Wildman–Crippen MR) is 48.3 cm³/mol. The quantitative estimate of drug-likeness (QED) is 0.525. The van der Waals surface area contributed by atoms with Crippen molar-refractivity contribution in [2.24, 2.45) is 0 Å². The molecule has 0 bridgehead atoms. The molecular weight excluding hydrogens is 180 g/mol. The van der Waals surface area contributed by atoms with Crippen LogP contribution < -0.4 is 0 Å².